The van der Waals surface area contributed by atoms with Crippen molar-refractivity contribution >= 4 is 12.4 Å². The first-order valence-electron chi connectivity index (χ1n) is 6.78. The van der Waals surface area contributed by atoms with Crippen molar-refractivity contribution in [3.63, 3.8) is 0 Å². The molecule has 1 aliphatic carbocycles. The molecule has 1 saturated carbocycles. The lowest BCUT2D eigenvalue weighted by atomic mass is 9.74. The molecule has 1 saturated heterocycles. The molecular formula is C15H22ClNO2. The van der Waals surface area contributed by atoms with Gasteiger partial charge in [0.15, 0.2) is 0 Å². The Morgan fingerprint density at radius 3 is 2.68 bits per heavy atom. The molecule has 1 spiro atoms. The predicted octanol–water partition coefficient (Wildman–Crippen LogP) is 2.53. The highest BCUT2D eigenvalue weighted by Crippen LogP contribution is 2.37. The Balaban J connectivity index is 0.00000133. The van der Waals surface area contributed by atoms with Crippen LogP contribution in [0.4, 0.5) is 0 Å². The number of hydrogen-bond donors (Lipinski definition) is 1. The van der Waals surface area contributed by atoms with E-state index in [-0.39, 0.29) is 17.9 Å². The quantitative estimate of drug-likeness (QED) is 0.925. The molecule has 1 atom stereocenters. The molecule has 2 fully saturated rings. The molecule has 0 aromatic heterocycles. The van der Waals surface area contributed by atoms with Gasteiger partial charge in [0.1, 0.15) is 0 Å². The van der Waals surface area contributed by atoms with Gasteiger partial charge in [0.25, 0.3) is 0 Å². The van der Waals surface area contributed by atoms with Gasteiger partial charge in [-0.05, 0) is 25.3 Å². The van der Waals surface area contributed by atoms with Gasteiger partial charge in [-0.1, -0.05) is 30.3 Å². The van der Waals surface area contributed by atoms with E-state index in [0.29, 0.717) is 12.2 Å². The summed E-state index contributed by atoms with van der Waals surface area (Å²) in [6, 6.07) is 10.4. The first kappa shape index (κ1) is 14.8. The molecule has 19 heavy (non-hydrogen) atoms. The second-order valence-corrected chi connectivity index (χ2v) is 5.61. The Morgan fingerprint density at radius 1 is 1.32 bits per heavy atom. The van der Waals surface area contributed by atoms with Gasteiger partial charge in [0, 0.05) is 12.1 Å². The Kier molecular flexibility index (Phi) is 4.85. The Labute approximate surface area is 121 Å². The van der Waals surface area contributed by atoms with E-state index >= 15 is 0 Å². The lowest BCUT2D eigenvalue weighted by Crippen LogP contribution is -2.65. The second kappa shape index (κ2) is 6.23. The smallest absolute Gasteiger partial charge is 0.0720 e. The summed E-state index contributed by atoms with van der Waals surface area (Å²) in [6.07, 6.45) is 2.88. The van der Waals surface area contributed by atoms with Crippen molar-refractivity contribution < 1.29 is 9.47 Å². The van der Waals surface area contributed by atoms with Crippen LogP contribution in [0.3, 0.4) is 0 Å². The van der Waals surface area contributed by atoms with Crippen LogP contribution in [0.25, 0.3) is 0 Å². The van der Waals surface area contributed by atoms with Crippen molar-refractivity contribution in [3.8, 4) is 0 Å². The Hall–Kier alpha value is -0.610. The molecule has 4 heteroatoms. The van der Waals surface area contributed by atoms with E-state index in [1.54, 1.807) is 0 Å². The van der Waals surface area contributed by atoms with Gasteiger partial charge < -0.3 is 14.8 Å². The van der Waals surface area contributed by atoms with Gasteiger partial charge in [0.05, 0.1) is 25.4 Å². The SMILES string of the molecule is CC1CN[C@]2(CO1)C[C@@H](OCc1ccccc1)C2.Cl. The van der Waals surface area contributed by atoms with Gasteiger partial charge in [-0.2, -0.15) is 0 Å². The summed E-state index contributed by atoms with van der Waals surface area (Å²) in [5, 5.41) is 3.60. The van der Waals surface area contributed by atoms with E-state index in [1.807, 2.05) is 6.07 Å². The summed E-state index contributed by atoms with van der Waals surface area (Å²) in [5.41, 5.74) is 1.45. The monoisotopic (exact) mass is 283 g/mol. The minimum absolute atomic E-state index is 0. The van der Waals surface area contributed by atoms with E-state index in [9.17, 15) is 0 Å². The van der Waals surface area contributed by atoms with E-state index in [2.05, 4.69) is 36.5 Å². The predicted molar refractivity (Wildman–Crippen MR) is 77.6 cm³/mol. The van der Waals surface area contributed by atoms with Crippen molar-refractivity contribution in [1.29, 1.82) is 0 Å². The van der Waals surface area contributed by atoms with Crippen LogP contribution < -0.4 is 5.32 Å². The van der Waals surface area contributed by atoms with Crippen molar-refractivity contribution in [2.75, 3.05) is 13.2 Å². The Morgan fingerprint density at radius 2 is 2.05 bits per heavy atom. The lowest BCUT2D eigenvalue weighted by Gasteiger charge is -2.51. The van der Waals surface area contributed by atoms with Gasteiger partial charge in [-0.15, -0.1) is 12.4 Å². The fourth-order valence-corrected chi connectivity index (χ4v) is 2.75. The first-order valence-corrected chi connectivity index (χ1v) is 6.78. The second-order valence-electron chi connectivity index (χ2n) is 5.61. The van der Waals surface area contributed by atoms with E-state index in [4.69, 9.17) is 9.47 Å². The van der Waals surface area contributed by atoms with Crippen LogP contribution in [0.2, 0.25) is 0 Å². The lowest BCUT2D eigenvalue weighted by molar-refractivity contribution is -0.123. The van der Waals surface area contributed by atoms with Gasteiger partial charge in [-0.25, -0.2) is 0 Å². The fraction of sp³-hybridized carbons (Fsp3) is 0.600. The molecule has 1 aliphatic heterocycles. The molecule has 0 bridgehead atoms. The van der Waals surface area contributed by atoms with Gasteiger partial charge in [-0.3, -0.25) is 0 Å². The van der Waals surface area contributed by atoms with Crippen LogP contribution in [-0.4, -0.2) is 30.9 Å². The molecule has 2 aliphatic rings. The molecule has 1 aromatic rings. The maximum Gasteiger partial charge on any atom is 0.0720 e. The molecule has 1 unspecified atom stereocenters. The zero-order valence-corrected chi connectivity index (χ0v) is 12.1. The van der Waals surface area contributed by atoms with Crippen molar-refractivity contribution in [2.24, 2.45) is 0 Å². The summed E-state index contributed by atoms with van der Waals surface area (Å²) < 4.78 is 11.7. The molecular weight excluding hydrogens is 262 g/mol. The van der Waals surface area contributed by atoms with E-state index in [0.717, 1.165) is 32.6 Å². The first-order chi connectivity index (χ1) is 8.76. The normalized spacial score (nSPS) is 33.5. The Bertz CT molecular complexity index is 382. The van der Waals surface area contributed by atoms with Crippen molar-refractivity contribution in [2.45, 2.75) is 44.1 Å². The zero-order valence-electron chi connectivity index (χ0n) is 11.3. The number of morpholine rings is 1. The highest BCUT2D eigenvalue weighted by Gasteiger charge is 2.46. The maximum absolute atomic E-state index is 5.92. The van der Waals surface area contributed by atoms with Crippen LogP contribution in [0, 0.1) is 0 Å². The zero-order chi connectivity index (χ0) is 12.4. The average Bonchev–Trinajstić information content (AvgIpc) is 2.37. The molecule has 106 valence electrons. The molecule has 0 radical (unpaired) electrons. The fourth-order valence-electron chi connectivity index (χ4n) is 2.75. The topological polar surface area (TPSA) is 30.5 Å². The summed E-state index contributed by atoms with van der Waals surface area (Å²) in [7, 11) is 0. The van der Waals surface area contributed by atoms with Crippen molar-refractivity contribution in [1.82, 2.24) is 5.32 Å². The molecule has 3 rings (SSSR count). The highest BCUT2D eigenvalue weighted by atomic mass is 35.5. The highest BCUT2D eigenvalue weighted by molar-refractivity contribution is 5.85. The van der Waals surface area contributed by atoms with Gasteiger partial charge >= 0.3 is 0 Å². The van der Waals surface area contributed by atoms with Gasteiger partial charge in [0.2, 0.25) is 0 Å². The number of rotatable bonds is 3. The van der Waals surface area contributed by atoms with Crippen LogP contribution in [-0.2, 0) is 16.1 Å². The number of hydrogen-bond acceptors (Lipinski definition) is 3. The van der Waals surface area contributed by atoms with Crippen LogP contribution in [0.1, 0.15) is 25.3 Å². The average molecular weight is 284 g/mol. The number of benzene rings is 1. The summed E-state index contributed by atoms with van der Waals surface area (Å²) in [5.74, 6) is 0. The summed E-state index contributed by atoms with van der Waals surface area (Å²) in [6.45, 7) is 4.63. The summed E-state index contributed by atoms with van der Waals surface area (Å²) >= 11 is 0. The standard InChI is InChI=1S/C15H21NO2.ClH/c1-12-9-16-15(11-18-12)7-14(8-15)17-10-13-5-3-2-4-6-13;/h2-6,12,14,16H,7-11H2,1H3;1H/t12?,14-,15-;. The third-order valence-electron chi connectivity index (χ3n) is 3.97. The third-order valence-corrected chi connectivity index (χ3v) is 3.97. The minimum Gasteiger partial charge on any atom is -0.375 e. The van der Waals surface area contributed by atoms with E-state index < -0.39 is 0 Å². The number of nitrogens with one attached hydrogen (secondary N) is 1. The summed E-state index contributed by atoms with van der Waals surface area (Å²) in [4.78, 5) is 0. The molecule has 1 heterocycles. The van der Waals surface area contributed by atoms with Crippen LogP contribution in [0.5, 0.6) is 0 Å². The number of ether oxygens (including phenoxy) is 2. The van der Waals surface area contributed by atoms with Crippen molar-refractivity contribution in [3.05, 3.63) is 35.9 Å². The largest absolute Gasteiger partial charge is 0.375 e. The van der Waals surface area contributed by atoms with E-state index in [1.165, 1.54) is 5.56 Å². The maximum atomic E-state index is 5.92. The molecule has 1 N–H and O–H groups in total. The van der Waals surface area contributed by atoms with Crippen LogP contribution >= 0.6 is 12.4 Å². The third kappa shape index (κ3) is 3.48. The van der Waals surface area contributed by atoms with Crippen LogP contribution in [0.15, 0.2) is 30.3 Å². The molecule has 0 amide bonds. The molecule has 3 nitrogen and oxygen atoms in total. The minimum atomic E-state index is 0. The number of halogens is 1. The molecule has 1 aromatic carbocycles.